The van der Waals surface area contributed by atoms with Gasteiger partial charge in [-0.2, -0.15) is 0 Å². The zero-order chi connectivity index (χ0) is 34.7. The van der Waals surface area contributed by atoms with Crippen LogP contribution in [0.15, 0.2) is 21.9 Å². The summed E-state index contributed by atoms with van der Waals surface area (Å²) in [6, 6.07) is 1.05. The Balaban J connectivity index is 1.82. The molecule has 0 amide bonds. The van der Waals surface area contributed by atoms with Crippen molar-refractivity contribution >= 4 is 7.82 Å². The van der Waals surface area contributed by atoms with Gasteiger partial charge in [-0.05, 0) is 25.7 Å². The molecule has 3 unspecified atom stereocenters. The van der Waals surface area contributed by atoms with Crippen LogP contribution < -0.4 is 11.2 Å². The number of nitrogens with zero attached hydrogens (tertiary/aromatic N) is 2. The van der Waals surface area contributed by atoms with Gasteiger partial charge in [0, 0.05) is 12.3 Å². The van der Waals surface area contributed by atoms with Gasteiger partial charge in [0.2, 0.25) is 0 Å². The van der Waals surface area contributed by atoms with Crippen molar-refractivity contribution in [1.29, 1.82) is 0 Å². The highest BCUT2D eigenvalue weighted by molar-refractivity contribution is 7.47. The molecule has 14 heteroatoms. The molecule has 0 aromatic carbocycles. The van der Waals surface area contributed by atoms with E-state index in [1.807, 2.05) is 0 Å². The Hall–Kier alpha value is -1.41. The van der Waals surface area contributed by atoms with Gasteiger partial charge in [-0.3, -0.25) is 18.4 Å². The molecule has 7 atom stereocenters. The van der Waals surface area contributed by atoms with Crippen molar-refractivity contribution in [2.75, 3.05) is 6.61 Å². The zero-order valence-corrected chi connectivity index (χ0v) is 29.4. The van der Waals surface area contributed by atoms with Crippen LogP contribution in [0.5, 0.6) is 0 Å². The number of unbranched alkanes of at least 4 members (excludes halogenated alkanes) is 16. The van der Waals surface area contributed by atoms with Crippen LogP contribution in [0.2, 0.25) is 0 Å². The van der Waals surface area contributed by atoms with Gasteiger partial charge in [0.15, 0.2) is 12.5 Å². The lowest BCUT2D eigenvalue weighted by molar-refractivity contribution is -0.0722. The highest BCUT2D eigenvalue weighted by atomic mass is 31.2. The van der Waals surface area contributed by atoms with Crippen LogP contribution in [-0.2, 0) is 18.3 Å². The van der Waals surface area contributed by atoms with E-state index < -0.39 is 62.7 Å². The first-order valence-corrected chi connectivity index (χ1v) is 19.4. The maximum Gasteiger partial charge on any atom is 0.474 e. The van der Waals surface area contributed by atoms with Gasteiger partial charge in [-0.15, -0.1) is 0 Å². The molecular formula is C33H61N2O11P. The smallest absolute Gasteiger partial charge is 0.387 e. The van der Waals surface area contributed by atoms with Gasteiger partial charge in [0.1, 0.15) is 24.5 Å². The number of phosphoric acid groups is 1. The predicted octanol–water partition coefficient (Wildman–Crippen LogP) is 5.41. The lowest BCUT2D eigenvalue weighted by Gasteiger charge is -2.21. The SMILES string of the molecule is CCCCCCCCCCCC(O)OP(=O)(O)OC[C@H]1O[C@@H](n2ccc(=O)n(C(O)CCCCCCCCCCC)c2=O)[C@H](O)[C@@H]1O. The minimum absolute atomic E-state index is 0.149. The van der Waals surface area contributed by atoms with E-state index in [2.05, 4.69) is 13.8 Å². The van der Waals surface area contributed by atoms with Gasteiger partial charge < -0.3 is 30.1 Å². The monoisotopic (exact) mass is 692 g/mol. The van der Waals surface area contributed by atoms with Crippen LogP contribution in [0.3, 0.4) is 0 Å². The summed E-state index contributed by atoms with van der Waals surface area (Å²) in [4.78, 5) is 35.8. The molecule has 2 rings (SSSR count). The van der Waals surface area contributed by atoms with Crippen molar-refractivity contribution in [3.63, 3.8) is 0 Å². The molecule has 1 fully saturated rings. The average Bonchev–Trinajstić information content (AvgIpc) is 3.30. The topological polar surface area (TPSA) is 190 Å². The number of hydrogen-bond donors (Lipinski definition) is 5. The summed E-state index contributed by atoms with van der Waals surface area (Å²) in [7, 11) is -4.75. The number of ether oxygens (including phenoxy) is 1. The van der Waals surface area contributed by atoms with E-state index in [0.29, 0.717) is 17.4 Å². The Bertz CT molecular complexity index is 1150. The molecule has 0 radical (unpaired) electrons. The molecule has 1 aliphatic heterocycles. The van der Waals surface area contributed by atoms with Crippen molar-refractivity contribution in [3.8, 4) is 0 Å². The third-order valence-corrected chi connectivity index (χ3v) is 9.71. The Morgan fingerprint density at radius 2 is 1.28 bits per heavy atom. The van der Waals surface area contributed by atoms with Crippen LogP contribution in [0, 0.1) is 0 Å². The Morgan fingerprint density at radius 1 is 0.787 bits per heavy atom. The van der Waals surface area contributed by atoms with Crippen LogP contribution in [-0.4, -0.2) is 65.7 Å². The quantitative estimate of drug-likeness (QED) is 0.0450. The molecule has 0 spiro atoms. The van der Waals surface area contributed by atoms with Crippen molar-refractivity contribution in [3.05, 3.63) is 33.1 Å². The second-order valence-corrected chi connectivity index (χ2v) is 14.2. The van der Waals surface area contributed by atoms with E-state index >= 15 is 0 Å². The maximum absolute atomic E-state index is 13.2. The van der Waals surface area contributed by atoms with Gasteiger partial charge in [0.05, 0.1) is 6.61 Å². The largest absolute Gasteiger partial charge is 0.474 e. The number of rotatable bonds is 27. The van der Waals surface area contributed by atoms with Crippen LogP contribution in [0.25, 0.3) is 0 Å². The molecule has 0 bridgehead atoms. The molecule has 0 aliphatic carbocycles. The lowest BCUT2D eigenvalue weighted by atomic mass is 10.1. The summed E-state index contributed by atoms with van der Waals surface area (Å²) >= 11 is 0. The minimum atomic E-state index is -4.75. The summed E-state index contributed by atoms with van der Waals surface area (Å²) < 4.78 is 29.4. The molecule has 274 valence electrons. The number of aliphatic hydroxyl groups is 4. The lowest BCUT2D eigenvalue weighted by Crippen LogP contribution is -2.44. The summed E-state index contributed by atoms with van der Waals surface area (Å²) in [6.07, 6.45) is 11.8. The summed E-state index contributed by atoms with van der Waals surface area (Å²) in [5, 5.41) is 41.9. The normalized spacial score (nSPS) is 22.4. The molecule has 1 aromatic heterocycles. The molecular weight excluding hydrogens is 631 g/mol. The molecule has 1 aromatic rings. The number of phosphoric ester groups is 1. The third-order valence-electron chi connectivity index (χ3n) is 8.73. The molecule has 0 saturated carbocycles. The van der Waals surface area contributed by atoms with E-state index in [1.54, 1.807) is 0 Å². The second kappa shape index (κ2) is 23.1. The fraction of sp³-hybridized carbons (Fsp3) is 0.879. The first-order chi connectivity index (χ1) is 22.5. The first kappa shape index (κ1) is 41.8. The maximum atomic E-state index is 13.2. The van der Waals surface area contributed by atoms with E-state index in [-0.39, 0.29) is 12.8 Å². The minimum Gasteiger partial charge on any atom is -0.387 e. The molecule has 1 aliphatic rings. The fourth-order valence-electron chi connectivity index (χ4n) is 5.87. The fourth-order valence-corrected chi connectivity index (χ4v) is 6.68. The summed E-state index contributed by atoms with van der Waals surface area (Å²) in [5.74, 6) is 0. The van der Waals surface area contributed by atoms with Crippen molar-refractivity contribution in [2.24, 2.45) is 0 Å². The molecule has 13 nitrogen and oxygen atoms in total. The highest BCUT2D eigenvalue weighted by Crippen LogP contribution is 2.46. The van der Waals surface area contributed by atoms with E-state index in [4.69, 9.17) is 13.8 Å². The molecule has 5 N–H and O–H groups in total. The standard InChI is InChI=1S/C33H61N2O11P/c1-3-5-7-9-11-13-15-17-19-21-27(36)35-28(37)23-24-34(33(35)41)32-31(40)30(39)26(45-32)25-44-47(42,43)46-29(38)22-20-18-16-14-12-10-8-6-4-2/h23-24,26-27,29-32,36,38-40H,3-22,25H2,1-2H3,(H,42,43)/t26-,27?,29?,30-,31-,32-/m1/s1. The summed E-state index contributed by atoms with van der Waals surface area (Å²) in [5.41, 5.74) is -1.66. The van der Waals surface area contributed by atoms with Crippen molar-refractivity contribution in [1.82, 2.24) is 9.13 Å². The highest BCUT2D eigenvalue weighted by Gasteiger charge is 2.45. The van der Waals surface area contributed by atoms with Gasteiger partial charge in [0.25, 0.3) is 5.56 Å². The van der Waals surface area contributed by atoms with Gasteiger partial charge >= 0.3 is 13.5 Å². The van der Waals surface area contributed by atoms with E-state index in [9.17, 15) is 39.5 Å². The third kappa shape index (κ3) is 15.3. The zero-order valence-electron chi connectivity index (χ0n) is 28.5. The van der Waals surface area contributed by atoms with Gasteiger partial charge in [-0.1, -0.05) is 117 Å². The predicted molar refractivity (Wildman–Crippen MR) is 179 cm³/mol. The summed E-state index contributed by atoms with van der Waals surface area (Å²) in [6.45, 7) is 3.66. The van der Waals surface area contributed by atoms with E-state index in [0.717, 1.165) is 61.8 Å². The number of aliphatic hydroxyl groups excluding tert-OH is 4. The Kier molecular flexibility index (Phi) is 20.5. The second-order valence-electron chi connectivity index (χ2n) is 12.8. The average molecular weight is 693 g/mol. The van der Waals surface area contributed by atoms with E-state index in [1.165, 1.54) is 57.8 Å². The van der Waals surface area contributed by atoms with Gasteiger partial charge in [-0.25, -0.2) is 13.9 Å². The number of hydrogen-bond acceptors (Lipinski definition) is 10. The first-order valence-electron chi connectivity index (χ1n) is 17.9. The van der Waals surface area contributed by atoms with Crippen molar-refractivity contribution in [2.45, 2.75) is 179 Å². The Labute approximate surface area is 279 Å². The van der Waals surface area contributed by atoms with Crippen LogP contribution in [0.4, 0.5) is 0 Å². The molecule has 2 heterocycles. The van der Waals surface area contributed by atoms with Crippen LogP contribution >= 0.6 is 7.82 Å². The Morgan fingerprint density at radius 3 is 1.81 bits per heavy atom. The molecule has 47 heavy (non-hydrogen) atoms. The van der Waals surface area contributed by atoms with Crippen molar-refractivity contribution < 1.29 is 43.7 Å². The number of aromatic nitrogens is 2. The van der Waals surface area contributed by atoms with Crippen LogP contribution in [0.1, 0.15) is 155 Å². The molecule has 1 saturated heterocycles.